The van der Waals surface area contributed by atoms with Crippen LogP contribution in [0.5, 0.6) is 0 Å². The molecule has 0 bridgehead atoms. The zero-order valence-electron chi connectivity index (χ0n) is 5.84. The molecule has 0 aliphatic carbocycles. The lowest BCUT2D eigenvalue weighted by atomic mass is 10.3. The Bertz CT molecular complexity index is 401. The van der Waals surface area contributed by atoms with E-state index in [9.17, 15) is 4.39 Å². The Morgan fingerprint density at radius 1 is 1.50 bits per heavy atom. The van der Waals surface area contributed by atoms with Gasteiger partial charge >= 0.3 is 0 Å². The highest BCUT2D eigenvalue weighted by Crippen LogP contribution is 2.28. The first-order valence-corrected chi connectivity index (χ1v) is 4.37. The second-order valence-electron chi connectivity index (χ2n) is 2.29. The number of nitrogen functional groups attached to an aromatic ring is 1. The lowest BCUT2D eigenvalue weighted by Crippen LogP contribution is -1.79. The van der Waals surface area contributed by atoms with E-state index in [0.717, 1.165) is 4.70 Å². The largest absolute Gasteiger partial charge is 0.375 e. The molecule has 1 aromatic carbocycles. The Morgan fingerprint density at radius 2 is 2.25 bits per heavy atom. The number of rotatable bonds is 0. The van der Waals surface area contributed by atoms with Crippen LogP contribution in [0.25, 0.3) is 10.2 Å². The van der Waals surface area contributed by atoms with Crippen molar-refractivity contribution in [2.75, 3.05) is 5.73 Å². The van der Waals surface area contributed by atoms with E-state index < -0.39 is 5.82 Å². The second kappa shape index (κ2) is 2.57. The first kappa shape index (κ1) is 7.76. The average Bonchev–Trinajstić information content (AvgIpc) is 2.30. The maximum Gasteiger partial charge on any atom is 0.181 e. The van der Waals surface area contributed by atoms with Gasteiger partial charge in [0.1, 0.15) is 5.82 Å². The molecule has 2 N–H and O–H groups in total. The van der Waals surface area contributed by atoms with Crippen LogP contribution in [-0.4, -0.2) is 4.98 Å². The number of aromatic nitrogens is 1. The number of thiazole rings is 1. The number of hydrogen-bond acceptors (Lipinski definition) is 3. The van der Waals surface area contributed by atoms with Crippen molar-refractivity contribution in [1.82, 2.24) is 4.98 Å². The van der Waals surface area contributed by atoms with Crippen molar-refractivity contribution < 1.29 is 4.39 Å². The molecular weight excluding hydrogens is 199 g/mol. The fraction of sp³-hybridized carbons (Fsp3) is 0. The summed E-state index contributed by atoms with van der Waals surface area (Å²) in [6, 6.07) is 2.81. The van der Waals surface area contributed by atoms with Gasteiger partial charge in [0.25, 0.3) is 0 Å². The minimum Gasteiger partial charge on any atom is -0.375 e. The highest BCUT2D eigenvalue weighted by atomic mass is 35.5. The molecule has 0 spiro atoms. The van der Waals surface area contributed by atoms with Gasteiger partial charge in [-0.15, -0.1) is 0 Å². The number of hydrogen-bond donors (Lipinski definition) is 1. The van der Waals surface area contributed by atoms with E-state index in [1.54, 1.807) is 0 Å². The zero-order valence-corrected chi connectivity index (χ0v) is 7.42. The van der Waals surface area contributed by atoms with Gasteiger partial charge in [0.2, 0.25) is 0 Å². The first-order valence-electron chi connectivity index (χ1n) is 3.18. The Morgan fingerprint density at radius 3 is 3.00 bits per heavy atom. The SMILES string of the molecule is Nc1nc2cc(Cl)c(F)cc2s1. The van der Waals surface area contributed by atoms with Crippen LogP contribution in [-0.2, 0) is 0 Å². The predicted molar refractivity (Wildman–Crippen MR) is 49.0 cm³/mol. The molecule has 0 unspecified atom stereocenters. The van der Waals surface area contributed by atoms with Gasteiger partial charge in [-0.1, -0.05) is 22.9 Å². The van der Waals surface area contributed by atoms with Crippen molar-refractivity contribution in [3.8, 4) is 0 Å². The smallest absolute Gasteiger partial charge is 0.181 e. The van der Waals surface area contributed by atoms with E-state index in [1.165, 1.54) is 23.5 Å². The lowest BCUT2D eigenvalue weighted by molar-refractivity contribution is 0.630. The summed E-state index contributed by atoms with van der Waals surface area (Å²) in [7, 11) is 0. The van der Waals surface area contributed by atoms with Crippen LogP contribution in [0.15, 0.2) is 12.1 Å². The molecule has 5 heteroatoms. The highest BCUT2D eigenvalue weighted by Gasteiger charge is 2.05. The van der Waals surface area contributed by atoms with Gasteiger partial charge in [0, 0.05) is 0 Å². The van der Waals surface area contributed by atoms with E-state index in [2.05, 4.69) is 4.98 Å². The first-order chi connectivity index (χ1) is 5.66. The van der Waals surface area contributed by atoms with Crippen LogP contribution in [0.4, 0.5) is 9.52 Å². The van der Waals surface area contributed by atoms with E-state index in [1.807, 2.05) is 0 Å². The summed E-state index contributed by atoms with van der Waals surface area (Å²) in [6.45, 7) is 0. The van der Waals surface area contributed by atoms with Crippen molar-refractivity contribution in [2.45, 2.75) is 0 Å². The fourth-order valence-corrected chi connectivity index (χ4v) is 1.84. The molecule has 0 aliphatic rings. The minimum atomic E-state index is -0.437. The van der Waals surface area contributed by atoms with Crippen LogP contribution in [0.3, 0.4) is 0 Å². The summed E-state index contributed by atoms with van der Waals surface area (Å²) in [4.78, 5) is 3.96. The molecule has 2 rings (SSSR count). The Kier molecular flexibility index (Phi) is 1.66. The molecule has 62 valence electrons. The third-order valence-corrected chi connectivity index (χ3v) is 2.58. The molecule has 1 aromatic heterocycles. The summed E-state index contributed by atoms with van der Waals surface area (Å²) in [5.41, 5.74) is 6.08. The number of fused-ring (bicyclic) bond motifs is 1. The molecule has 1 heterocycles. The molecule has 2 aromatic rings. The van der Waals surface area contributed by atoms with Crippen molar-refractivity contribution >= 4 is 38.3 Å². The van der Waals surface area contributed by atoms with Crippen molar-refractivity contribution in [3.05, 3.63) is 23.0 Å². The third-order valence-electron chi connectivity index (χ3n) is 1.45. The van der Waals surface area contributed by atoms with Crippen molar-refractivity contribution in [3.63, 3.8) is 0 Å². The molecule has 0 atom stereocenters. The molecule has 2 nitrogen and oxygen atoms in total. The number of halogens is 2. The van der Waals surface area contributed by atoms with Crippen LogP contribution >= 0.6 is 22.9 Å². The third kappa shape index (κ3) is 1.13. The highest BCUT2D eigenvalue weighted by molar-refractivity contribution is 7.22. The van der Waals surface area contributed by atoms with Crippen LogP contribution in [0.1, 0.15) is 0 Å². The molecule has 0 fully saturated rings. The quantitative estimate of drug-likeness (QED) is 0.714. The Labute approximate surface area is 76.8 Å². The molecule has 0 saturated carbocycles. The van der Waals surface area contributed by atoms with Gasteiger partial charge in [0.15, 0.2) is 5.13 Å². The standard InChI is InChI=1S/C7H4ClFN2S/c8-3-1-5-6(2-4(3)9)12-7(10)11-5/h1-2H,(H2,10,11). The van der Waals surface area contributed by atoms with Gasteiger partial charge in [-0.2, -0.15) is 0 Å². The number of anilines is 1. The molecular formula is C7H4ClFN2S. The maximum atomic E-state index is 12.9. The molecule has 0 radical (unpaired) electrons. The number of nitrogens with zero attached hydrogens (tertiary/aromatic N) is 1. The summed E-state index contributed by atoms with van der Waals surface area (Å²) in [5, 5.41) is 0.500. The van der Waals surface area contributed by atoms with E-state index >= 15 is 0 Å². The topological polar surface area (TPSA) is 38.9 Å². The fourth-order valence-electron chi connectivity index (χ4n) is 0.941. The van der Waals surface area contributed by atoms with E-state index in [-0.39, 0.29) is 5.02 Å². The molecule has 0 amide bonds. The average molecular weight is 203 g/mol. The van der Waals surface area contributed by atoms with Crippen molar-refractivity contribution in [2.24, 2.45) is 0 Å². The van der Waals surface area contributed by atoms with Crippen molar-refractivity contribution in [1.29, 1.82) is 0 Å². The lowest BCUT2D eigenvalue weighted by Gasteiger charge is -1.91. The summed E-state index contributed by atoms with van der Waals surface area (Å²) >= 11 is 6.79. The second-order valence-corrected chi connectivity index (χ2v) is 3.76. The van der Waals surface area contributed by atoms with Gasteiger partial charge < -0.3 is 5.73 Å². The zero-order chi connectivity index (χ0) is 8.72. The summed E-state index contributed by atoms with van der Waals surface area (Å²) in [5.74, 6) is -0.437. The molecule has 0 aliphatic heterocycles. The van der Waals surface area contributed by atoms with Crippen LogP contribution in [0, 0.1) is 5.82 Å². The minimum absolute atomic E-state index is 0.0767. The van der Waals surface area contributed by atoms with Gasteiger partial charge in [-0.05, 0) is 12.1 Å². The molecule has 12 heavy (non-hydrogen) atoms. The molecule has 0 saturated heterocycles. The van der Waals surface area contributed by atoms with E-state index in [0.29, 0.717) is 10.6 Å². The summed E-state index contributed by atoms with van der Waals surface area (Å²) in [6.07, 6.45) is 0. The van der Waals surface area contributed by atoms with Gasteiger partial charge in [-0.25, -0.2) is 9.37 Å². The monoisotopic (exact) mass is 202 g/mol. The van der Waals surface area contributed by atoms with Crippen LogP contribution < -0.4 is 5.73 Å². The predicted octanol–water partition coefficient (Wildman–Crippen LogP) is 2.67. The number of nitrogens with two attached hydrogens (primary N) is 1. The summed E-state index contributed by atoms with van der Waals surface area (Å²) < 4.78 is 13.6. The Hall–Kier alpha value is -0.870. The Balaban J connectivity index is 2.83. The van der Waals surface area contributed by atoms with E-state index in [4.69, 9.17) is 17.3 Å². The van der Waals surface area contributed by atoms with Gasteiger partial charge in [0.05, 0.1) is 15.2 Å². The normalized spacial score (nSPS) is 10.8. The van der Waals surface area contributed by atoms with Crippen LogP contribution in [0.2, 0.25) is 5.02 Å². The maximum absolute atomic E-state index is 12.9. The number of benzene rings is 1. The van der Waals surface area contributed by atoms with Gasteiger partial charge in [-0.3, -0.25) is 0 Å².